The van der Waals surface area contributed by atoms with Crippen molar-refractivity contribution in [2.75, 3.05) is 0 Å². The SMILES string of the molecule is c1ccc(-c2cc(-c3ccc(-c4ccc5c6ccccc6c6ccccc6c5c4)cc3-c3ccccc3)cc(-c3ccccc3)n2)cc1. The number of fused-ring (bicyclic) bond motifs is 6. The maximum atomic E-state index is 5.14. The molecule has 0 spiro atoms. The predicted octanol–water partition coefficient (Wildman–Crippen LogP) is 12.9. The Kier molecular flexibility index (Phi) is 6.87. The Morgan fingerprint density at radius 3 is 1.19 bits per heavy atom. The van der Waals surface area contributed by atoms with E-state index in [-0.39, 0.29) is 0 Å². The summed E-state index contributed by atoms with van der Waals surface area (Å²) in [7, 11) is 0. The van der Waals surface area contributed by atoms with Crippen LogP contribution in [-0.2, 0) is 0 Å². The van der Waals surface area contributed by atoms with Crippen molar-refractivity contribution in [1.82, 2.24) is 4.98 Å². The van der Waals surface area contributed by atoms with Crippen molar-refractivity contribution in [3.05, 3.63) is 188 Å². The van der Waals surface area contributed by atoms with Crippen molar-refractivity contribution in [2.24, 2.45) is 0 Å². The average Bonchev–Trinajstić information content (AvgIpc) is 3.18. The van der Waals surface area contributed by atoms with Gasteiger partial charge in [0.15, 0.2) is 0 Å². The third-order valence-electron chi connectivity index (χ3n) is 9.46. The molecule has 224 valence electrons. The van der Waals surface area contributed by atoms with Gasteiger partial charge in [0.1, 0.15) is 0 Å². The van der Waals surface area contributed by atoms with Gasteiger partial charge in [-0.2, -0.15) is 0 Å². The largest absolute Gasteiger partial charge is 0.248 e. The lowest BCUT2D eigenvalue weighted by Gasteiger charge is -2.16. The van der Waals surface area contributed by atoms with E-state index in [1.165, 1.54) is 60.1 Å². The summed E-state index contributed by atoms with van der Waals surface area (Å²) in [6.07, 6.45) is 0. The number of hydrogen-bond acceptors (Lipinski definition) is 1. The van der Waals surface area contributed by atoms with Gasteiger partial charge in [-0.25, -0.2) is 4.98 Å². The molecule has 0 aliphatic heterocycles. The molecule has 0 N–H and O–H groups in total. The van der Waals surface area contributed by atoms with E-state index in [0.717, 1.165) is 28.1 Å². The van der Waals surface area contributed by atoms with Crippen molar-refractivity contribution in [1.29, 1.82) is 0 Å². The lowest BCUT2D eigenvalue weighted by molar-refractivity contribution is 1.32. The van der Waals surface area contributed by atoms with Crippen LogP contribution < -0.4 is 0 Å². The summed E-state index contributed by atoms with van der Waals surface area (Å²) < 4.78 is 0. The lowest BCUT2D eigenvalue weighted by atomic mass is 9.88. The van der Waals surface area contributed by atoms with Crippen LogP contribution in [0.5, 0.6) is 0 Å². The van der Waals surface area contributed by atoms with E-state index < -0.39 is 0 Å². The van der Waals surface area contributed by atoms with Crippen molar-refractivity contribution < 1.29 is 0 Å². The lowest BCUT2D eigenvalue weighted by Crippen LogP contribution is -1.93. The summed E-state index contributed by atoms with van der Waals surface area (Å²) in [6, 6.07) is 67.6. The van der Waals surface area contributed by atoms with Crippen molar-refractivity contribution in [2.45, 2.75) is 0 Å². The van der Waals surface area contributed by atoms with Crippen molar-refractivity contribution >= 4 is 32.3 Å². The van der Waals surface area contributed by atoms with Gasteiger partial charge in [-0.3, -0.25) is 0 Å². The second-order valence-corrected chi connectivity index (χ2v) is 12.3. The number of pyridine rings is 1. The fraction of sp³-hybridized carbons (Fsp3) is 0. The molecule has 1 nitrogen and oxygen atoms in total. The van der Waals surface area contributed by atoms with Gasteiger partial charge in [0.2, 0.25) is 0 Å². The first-order valence-electron chi connectivity index (χ1n) is 16.5. The molecule has 0 aliphatic rings. The number of rotatable bonds is 5. The summed E-state index contributed by atoms with van der Waals surface area (Å²) in [5.74, 6) is 0. The highest BCUT2D eigenvalue weighted by Gasteiger charge is 2.15. The standard InChI is InChI=1S/C47H31N/c1-4-14-32(15-5-1)44-28-35(36-25-27-43-41-22-11-10-20-39(41)40-21-12-13-23-42(40)45(43)29-36)24-26-38(44)37-30-46(33-16-6-2-7-17-33)48-47(31-37)34-18-8-3-9-19-34/h1-31H. The highest BCUT2D eigenvalue weighted by atomic mass is 14.7. The Labute approximate surface area is 280 Å². The van der Waals surface area contributed by atoms with Gasteiger partial charge in [0.25, 0.3) is 0 Å². The van der Waals surface area contributed by atoms with Gasteiger partial charge >= 0.3 is 0 Å². The van der Waals surface area contributed by atoms with E-state index in [1.54, 1.807) is 0 Å². The van der Waals surface area contributed by atoms with Gasteiger partial charge in [-0.15, -0.1) is 0 Å². The molecule has 0 fully saturated rings. The summed E-state index contributed by atoms with van der Waals surface area (Å²) in [5.41, 5.74) is 11.2. The van der Waals surface area contributed by atoms with E-state index >= 15 is 0 Å². The van der Waals surface area contributed by atoms with Crippen LogP contribution >= 0.6 is 0 Å². The zero-order valence-electron chi connectivity index (χ0n) is 26.3. The highest BCUT2D eigenvalue weighted by Crippen LogP contribution is 2.41. The second kappa shape index (κ2) is 11.8. The summed E-state index contributed by atoms with van der Waals surface area (Å²) in [5, 5.41) is 7.73. The Balaban J connectivity index is 1.26. The molecule has 0 atom stereocenters. The highest BCUT2D eigenvalue weighted by molar-refractivity contribution is 6.25. The predicted molar refractivity (Wildman–Crippen MR) is 204 cm³/mol. The minimum absolute atomic E-state index is 0.962. The van der Waals surface area contributed by atoms with Crippen LogP contribution in [0.4, 0.5) is 0 Å². The van der Waals surface area contributed by atoms with E-state index in [2.05, 4.69) is 188 Å². The Bertz CT molecular complexity index is 2490. The van der Waals surface area contributed by atoms with Gasteiger partial charge in [-0.1, -0.05) is 164 Å². The minimum Gasteiger partial charge on any atom is -0.248 e. The van der Waals surface area contributed by atoms with Crippen LogP contribution in [0.3, 0.4) is 0 Å². The van der Waals surface area contributed by atoms with E-state index in [9.17, 15) is 0 Å². The van der Waals surface area contributed by atoms with E-state index in [0.29, 0.717) is 0 Å². The molecule has 0 bridgehead atoms. The van der Waals surface area contributed by atoms with Crippen LogP contribution in [0, 0.1) is 0 Å². The molecular weight excluding hydrogens is 579 g/mol. The fourth-order valence-electron chi connectivity index (χ4n) is 7.12. The molecule has 9 aromatic rings. The minimum atomic E-state index is 0.962. The zero-order chi connectivity index (χ0) is 31.9. The maximum absolute atomic E-state index is 5.14. The van der Waals surface area contributed by atoms with Gasteiger partial charge in [0, 0.05) is 11.1 Å². The molecule has 0 radical (unpaired) electrons. The molecule has 0 saturated carbocycles. The third kappa shape index (κ3) is 4.94. The molecule has 0 unspecified atom stereocenters. The Morgan fingerprint density at radius 2 is 0.646 bits per heavy atom. The van der Waals surface area contributed by atoms with Gasteiger partial charge < -0.3 is 0 Å². The first-order chi connectivity index (χ1) is 23.8. The molecular formula is C47H31N. The molecule has 8 aromatic carbocycles. The first-order valence-corrected chi connectivity index (χ1v) is 16.5. The topological polar surface area (TPSA) is 12.9 Å². The van der Waals surface area contributed by atoms with Crippen LogP contribution in [0.25, 0.3) is 88.2 Å². The van der Waals surface area contributed by atoms with Crippen LogP contribution in [-0.4, -0.2) is 4.98 Å². The Hall–Kier alpha value is -6.31. The Morgan fingerprint density at radius 1 is 0.229 bits per heavy atom. The third-order valence-corrected chi connectivity index (χ3v) is 9.46. The summed E-state index contributed by atoms with van der Waals surface area (Å²) in [6.45, 7) is 0. The number of hydrogen-bond donors (Lipinski definition) is 0. The number of aromatic nitrogens is 1. The quantitative estimate of drug-likeness (QED) is 0.177. The normalized spacial score (nSPS) is 11.3. The van der Waals surface area contributed by atoms with Crippen LogP contribution in [0.2, 0.25) is 0 Å². The monoisotopic (exact) mass is 609 g/mol. The molecule has 9 rings (SSSR count). The molecule has 1 heteroatoms. The fourth-order valence-corrected chi connectivity index (χ4v) is 7.12. The first kappa shape index (κ1) is 28.0. The van der Waals surface area contributed by atoms with Crippen LogP contribution in [0.15, 0.2) is 188 Å². The zero-order valence-corrected chi connectivity index (χ0v) is 26.3. The second-order valence-electron chi connectivity index (χ2n) is 12.3. The van der Waals surface area contributed by atoms with Crippen LogP contribution in [0.1, 0.15) is 0 Å². The molecule has 1 aromatic heterocycles. The van der Waals surface area contributed by atoms with Crippen molar-refractivity contribution in [3.8, 4) is 55.9 Å². The summed E-state index contributed by atoms with van der Waals surface area (Å²) >= 11 is 0. The average molecular weight is 610 g/mol. The molecule has 0 saturated heterocycles. The molecule has 1 heterocycles. The number of nitrogens with zero attached hydrogens (tertiary/aromatic N) is 1. The molecule has 0 aliphatic carbocycles. The van der Waals surface area contributed by atoms with E-state index in [1.807, 2.05) is 0 Å². The molecule has 0 amide bonds. The molecule has 48 heavy (non-hydrogen) atoms. The number of benzene rings is 8. The maximum Gasteiger partial charge on any atom is 0.0715 e. The van der Waals surface area contributed by atoms with E-state index in [4.69, 9.17) is 4.98 Å². The smallest absolute Gasteiger partial charge is 0.0715 e. The van der Waals surface area contributed by atoms with Gasteiger partial charge in [0.05, 0.1) is 11.4 Å². The van der Waals surface area contributed by atoms with Crippen molar-refractivity contribution in [3.63, 3.8) is 0 Å². The summed E-state index contributed by atoms with van der Waals surface area (Å²) in [4.78, 5) is 5.14. The van der Waals surface area contributed by atoms with Gasteiger partial charge in [-0.05, 0) is 90.0 Å².